The maximum atomic E-state index is 12.2. The Morgan fingerprint density at radius 1 is 1.26 bits per heavy atom. The van der Waals surface area contributed by atoms with Crippen molar-refractivity contribution < 1.29 is 33.1 Å². The lowest BCUT2D eigenvalue weighted by Gasteiger charge is -2.12. The van der Waals surface area contributed by atoms with Gasteiger partial charge in [0.2, 0.25) is 0 Å². The first-order chi connectivity index (χ1) is 12.9. The Morgan fingerprint density at radius 3 is 2.48 bits per heavy atom. The normalized spacial score (nSPS) is 11.4. The molecule has 0 saturated heterocycles. The third-order valence-corrected chi connectivity index (χ3v) is 3.60. The maximum absolute atomic E-state index is 12.2. The number of methoxy groups -OCH3 is 2. The van der Waals surface area contributed by atoms with Gasteiger partial charge in [-0.1, -0.05) is 0 Å². The molecule has 2 rings (SSSR count). The molecule has 0 spiro atoms. The van der Waals surface area contributed by atoms with Gasteiger partial charge in [0.05, 0.1) is 37.5 Å². The van der Waals surface area contributed by atoms with E-state index >= 15 is 0 Å². The summed E-state index contributed by atoms with van der Waals surface area (Å²) in [5.41, 5.74) is -0.883. The van der Waals surface area contributed by atoms with Crippen molar-refractivity contribution in [1.82, 2.24) is 5.32 Å². The molecule has 10 nitrogen and oxygen atoms in total. The fourth-order valence-electron chi connectivity index (χ4n) is 2.28. The number of nitrogens with zero attached hydrogens (tertiary/aromatic N) is 1. The number of furan rings is 1. The van der Waals surface area contributed by atoms with Crippen LogP contribution in [0.25, 0.3) is 0 Å². The van der Waals surface area contributed by atoms with Gasteiger partial charge in [0.15, 0.2) is 18.1 Å². The average molecular weight is 378 g/mol. The number of nitro groups is 1. The Hall–Kier alpha value is -3.56. The molecule has 1 aromatic carbocycles. The predicted molar refractivity (Wildman–Crippen MR) is 91.7 cm³/mol. The van der Waals surface area contributed by atoms with E-state index in [1.54, 1.807) is 19.1 Å². The minimum absolute atomic E-state index is 0.0887. The lowest BCUT2D eigenvalue weighted by Crippen LogP contribution is -2.31. The molecule has 27 heavy (non-hydrogen) atoms. The molecule has 1 heterocycles. The molecule has 1 atom stereocenters. The van der Waals surface area contributed by atoms with Gasteiger partial charge in [-0.3, -0.25) is 14.9 Å². The topological polar surface area (TPSA) is 130 Å². The van der Waals surface area contributed by atoms with Gasteiger partial charge in [-0.25, -0.2) is 4.79 Å². The van der Waals surface area contributed by atoms with Crippen LogP contribution in [0.2, 0.25) is 0 Å². The summed E-state index contributed by atoms with van der Waals surface area (Å²) in [5.74, 6) is -0.888. The lowest BCUT2D eigenvalue weighted by molar-refractivity contribution is -0.385. The van der Waals surface area contributed by atoms with Crippen LogP contribution >= 0.6 is 0 Å². The number of nitrogens with one attached hydrogen (secondary N) is 1. The van der Waals surface area contributed by atoms with Crippen LogP contribution in [0.5, 0.6) is 11.5 Å². The monoisotopic (exact) mass is 378 g/mol. The molecule has 1 N–H and O–H groups in total. The third-order valence-electron chi connectivity index (χ3n) is 3.60. The van der Waals surface area contributed by atoms with Crippen LogP contribution in [0, 0.1) is 10.1 Å². The third kappa shape index (κ3) is 4.75. The highest BCUT2D eigenvalue weighted by atomic mass is 16.6. The number of hydrogen-bond donors (Lipinski definition) is 1. The molecule has 144 valence electrons. The summed E-state index contributed by atoms with van der Waals surface area (Å²) >= 11 is 0. The molecule has 1 amide bonds. The van der Waals surface area contributed by atoms with E-state index in [0.29, 0.717) is 5.76 Å². The number of ether oxygens (including phenoxy) is 3. The molecule has 0 aliphatic rings. The standard InChI is InChI=1S/C17H18N2O8/c1-10(13-5-4-6-26-13)18-16(20)9-27-17(21)11-7-14(24-2)15(25-3)8-12(11)19(22)23/h4-8,10H,9H2,1-3H3,(H,18,20)/t10-/m1/s1. The Bertz CT molecular complexity index is 832. The smallest absolute Gasteiger partial charge is 0.345 e. The van der Waals surface area contributed by atoms with Crippen molar-refractivity contribution in [3.8, 4) is 11.5 Å². The molecule has 0 unspecified atom stereocenters. The van der Waals surface area contributed by atoms with Gasteiger partial charge in [-0.15, -0.1) is 0 Å². The van der Waals surface area contributed by atoms with Crippen LogP contribution in [0.4, 0.5) is 5.69 Å². The summed E-state index contributed by atoms with van der Waals surface area (Å²) in [6.45, 7) is 1.08. The fraction of sp³-hybridized carbons (Fsp3) is 0.294. The van der Waals surface area contributed by atoms with E-state index in [2.05, 4.69) is 5.32 Å². The summed E-state index contributed by atoms with van der Waals surface area (Å²) in [6.07, 6.45) is 1.47. The number of nitro benzene ring substituents is 1. The van der Waals surface area contributed by atoms with Crippen molar-refractivity contribution in [2.45, 2.75) is 13.0 Å². The molecular formula is C17H18N2O8. The summed E-state index contributed by atoms with van der Waals surface area (Å²) in [5, 5.41) is 13.8. The van der Waals surface area contributed by atoms with Gasteiger partial charge in [0.25, 0.3) is 11.6 Å². The van der Waals surface area contributed by atoms with E-state index in [-0.39, 0.29) is 17.1 Å². The van der Waals surface area contributed by atoms with Crippen molar-refractivity contribution in [1.29, 1.82) is 0 Å². The van der Waals surface area contributed by atoms with Gasteiger partial charge in [-0.05, 0) is 19.1 Å². The Balaban J connectivity index is 2.08. The molecule has 0 saturated carbocycles. The van der Waals surface area contributed by atoms with Crippen LogP contribution in [-0.2, 0) is 9.53 Å². The number of carbonyl (C=O) groups is 2. The van der Waals surface area contributed by atoms with Crippen LogP contribution in [0.15, 0.2) is 34.9 Å². The first-order valence-electron chi connectivity index (χ1n) is 7.77. The first kappa shape index (κ1) is 19.8. The van der Waals surface area contributed by atoms with E-state index in [0.717, 1.165) is 12.1 Å². The van der Waals surface area contributed by atoms with E-state index in [9.17, 15) is 19.7 Å². The van der Waals surface area contributed by atoms with E-state index in [1.165, 1.54) is 20.5 Å². The van der Waals surface area contributed by atoms with Crippen molar-refractivity contribution in [2.75, 3.05) is 20.8 Å². The number of carbonyl (C=O) groups excluding carboxylic acids is 2. The van der Waals surface area contributed by atoms with Gasteiger partial charge in [0, 0.05) is 6.07 Å². The van der Waals surface area contributed by atoms with Crippen LogP contribution < -0.4 is 14.8 Å². The highest BCUT2D eigenvalue weighted by molar-refractivity contribution is 5.96. The summed E-state index contributed by atoms with van der Waals surface area (Å²) < 4.78 is 20.1. The number of benzene rings is 1. The number of hydrogen-bond acceptors (Lipinski definition) is 8. The molecule has 10 heteroatoms. The number of amides is 1. The predicted octanol–water partition coefficient (Wildman–Crippen LogP) is 2.24. The second-order valence-corrected chi connectivity index (χ2v) is 5.36. The van der Waals surface area contributed by atoms with Gasteiger partial charge in [0.1, 0.15) is 11.3 Å². The largest absolute Gasteiger partial charge is 0.493 e. The van der Waals surface area contributed by atoms with Crippen molar-refractivity contribution in [3.05, 3.63) is 52.0 Å². The van der Waals surface area contributed by atoms with Gasteiger partial charge >= 0.3 is 5.97 Å². The summed E-state index contributed by atoms with van der Waals surface area (Å²) in [6, 6.07) is 5.11. The quantitative estimate of drug-likeness (QED) is 0.420. The minimum atomic E-state index is -1.04. The van der Waals surface area contributed by atoms with Crippen molar-refractivity contribution >= 4 is 17.6 Å². The van der Waals surface area contributed by atoms with Crippen LogP contribution in [0.1, 0.15) is 29.1 Å². The van der Waals surface area contributed by atoms with E-state index in [1.807, 2.05) is 0 Å². The average Bonchev–Trinajstić information content (AvgIpc) is 3.19. The summed E-state index contributed by atoms with van der Waals surface area (Å²) in [7, 11) is 2.63. The molecule has 0 aliphatic heterocycles. The minimum Gasteiger partial charge on any atom is -0.493 e. The van der Waals surface area contributed by atoms with E-state index in [4.69, 9.17) is 18.6 Å². The van der Waals surface area contributed by atoms with E-state index < -0.39 is 35.1 Å². The molecular weight excluding hydrogens is 360 g/mol. The lowest BCUT2D eigenvalue weighted by atomic mass is 10.1. The Morgan fingerprint density at radius 2 is 1.93 bits per heavy atom. The highest BCUT2D eigenvalue weighted by Gasteiger charge is 2.26. The van der Waals surface area contributed by atoms with Crippen molar-refractivity contribution in [3.63, 3.8) is 0 Å². The van der Waals surface area contributed by atoms with Crippen LogP contribution in [0.3, 0.4) is 0 Å². The molecule has 0 bridgehead atoms. The van der Waals surface area contributed by atoms with Crippen molar-refractivity contribution in [2.24, 2.45) is 0 Å². The molecule has 0 radical (unpaired) electrons. The second-order valence-electron chi connectivity index (χ2n) is 5.36. The SMILES string of the molecule is COc1cc(C(=O)OCC(=O)N[C@H](C)c2ccco2)c([N+](=O)[O-])cc1OC. The maximum Gasteiger partial charge on any atom is 0.345 e. The zero-order valence-corrected chi connectivity index (χ0v) is 14.9. The molecule has 0 fully saturated rings. The highest BCUT2D eigenvalue weighted by Crippen LogP contribution is 2.34. The first-order valence-corrected chi connectivity index (χ1v) is 7.77. The Labute approximate surface area is 154 Å². The zero-order valence-electron chi connectivity index (χ0n) is 14.9. The number of esters is 1. The Kier molecular flexibility index (Phi) is 6.36. The van der Waals surface area contributed by atoms with Crippen LogP contribution in [-0.4, -0.2) is 37.6 Å². The second kappa shape index (κ2) is 8.70. The zero-order chi connectivity index (χ0) is 20.0. The number of rotatable bonds is 8. The molecule has 0 aliphatic carbocycles. The van der Waals surface area contributed by atoms with Gasteiger partial charge in [-0.2, -0.15) is 0 Å². The molecule has 2 aromatic rings. The fourth-order valence-corrected chi connectivity index (χ4v) is 2.28. The van der Waals surface area contributed by atoms with Gasteiger partial charge < -0.3 is 23.9 Å². The summed E-state index contributed by atoms with van der Waals surface area (Å²) in [4.78, 5) is 34.6. The molecule has 1 aromatic heterocycles.